The Morgan fingerprint density at radius 3 is 2.55 bits per heavy atom. The number of nitrogens with zero attached hydrogens (tertiary/aromatic N) is 5. The molecule has 158 valence electrons. The topological polar surface area (TPSA) is 65.3 Å². The number of hydrogen-bond acceptors (Lipinski definition) is 7. The Morgan fingerprint density at radius 2 is 1.84 bits per heavy atom. The molecule has 0 atom stereocenters. The van der Waals surface area contributed by atoms with Crippen LogP contribution in [0.1, 0.15) is 16.7 Å². The van der Waals surface area contributed by atoms with Crippen LogP contribution in [0.2, 0.25) is 0 Å². The first-order valence-electron chi connectivity index (χ1n) is 10.3. The number of ether oxygens (including phenoxy) is 1. The van der Waals surface area contributed by atoms with Gasteiger partial charge in [-0.25, -0.2) is 4.98 Å². The summed E-state index contributed by atoms with van der Waals surface area (Å²) in [5.74, 6) is 1.29. The summed E-state index contributed by atoms with van der Waals surface area (Å²) in [4.78, 5) is 15.9. The zero-order valence-electron chi connectivity index (χ0n) is 17.8. The summed E-state index contributed by atoms with van der Waals surface area (Å²) in [6.45, 7) is 6.23. The van der Waals surface area contributed by atoms with Crippen LogP contribution in [0.15, 0.2) is 64.5 Å². The quantitative estimate of drug-likeness (QED) is 0.581. The lowest BCUT2D eigenvalue weighted by Gasteiger charge is -2.32. The van der Waals surface area contributed by atoms with E-state index in [1.807, 2.05) is 61.7 Å². The van der Waals surface area contributed by atoms with Crippen molar-refractivity contribution in [3.05, 3.63) is 71.4 Å². The highest BCUT2D eigenvalue weighted by Crippen LogP contribution is 2.36. The average molecular weight is 432 g/mol. The zero-order valence-corrected chi connectivity index (χ0v) is 18.6. The minimum Gasteiger partial charge on any atom is -0.472 e. The second-order valence-electron chi connectivity index (χ2n) is 7.60. The number of anilines is 1. The molecule has 0 radical (unpaired) electrons. The fourth-order valence-corrected chi connectivity index (χ4v) is 4.25. The molecule has 1 saturated heterocycles. The molecule has 2 heterocycles. The molecule has 0 saturated carbocycles. The Hall–Kier alpha value is -3.08. The monoisotopic (exact) mass is 431 g/mol. The van der Waals surface area contributed by atoms with Crippen molar-refractivity contribution in [2.24, 2.45) is 0 Å². The van der Waals surface area contributed by atoms with Crippen molar-refractivity contribution in [1.29, 1.82) is 5.26 Å². The van der Waals surface area contributed by atoms with Gasteiger partial charge in [0.05, 0.1) is 22.7 Å². The molecule has 1 aliphatic heterocycles. The first kappa shape index (κ1) is 21.2. The number of piperazine rings is 1. The third kappa shape index (κ3) is 5.35. The lowest BCUT2D eigenvalue weighted by Crippen LogP contribution is -2.45. The lowest BCUT2D eigenvalue weighted by atomic mass is 10.2. The van der Waals surface area contributed by atoms with Gasteiger partial charge in [0, 0.05) is 31.1 Å². The molecule has 6 nitrogen and oxygen atoms in total. The van der Waals surface area contributed by atoms with E-state index in [0.29, 0.717) is 24.0 Å². The normalized spacial score (nSPS) is 14.3. The van der Waals surface area contributed by atoms with E-state index in [2.05, 4.69) is 27.9 Å². The summed E-state index contributed by atoms with van der Waals surface area (Å²) in [6.07, 6.45) is 1.85. The molecular formula is C24H25N5OS. The van der Waals surface area contributed by atoms with Gasteiger partial charge in [-0.1, -0.05) is 42.1 Å². The fraction of sp³-hybridized carbons (Fsp3) is 0.292. The number of aromatic nitrogens is 2. The molecule has 31 heavy (non-hydrogen) atoms. The molecule has 0 amide bonds. The van der Waals surface area contributed by atoms with E-state index < -0.39 is 0 Å². The minimum absolute atomic E-state index is 0.444. The first-order valence-corrected chi connectivity index (χ1v) is 11.1. The molecule has 2 aromatic carbocycles. The van der Waals surface area contributed by atoms with Crippen LogP contribution < -0.4 is 9.64 Å². The Labute approximate surface area is 187 Å². The van der Waals surface area contributed by atoms with Crippen molar-refractivity contribution in [3.63, 3.8) is 0 Å². The van der Waals surface area contributed by atoms with Crippen LogP contribution in [0.25, 0.3) is 0 Å². The Morgan fingerprint density at radius 1 is 1.06 bits per heavy atom. The predicted molar refractivity (Wildman–Crippen MR) is 123 cm³/mol. The van der Waals surface area contributed by atoms with Crippen LogP contribution in [-0.4, -0.2) is 48.1 Å². The largest absolute Gasteiger partial charge is 0.472 e. The second kappa shape index (κ2) is 9.82. The predicted octanol–water partition coefficient (Wildman–Crippen LogP) is 4.14. The van der Waals surface area contributed by atoms with Gasteiger partial charge in [0.25, 0.3) is 0 Å². The fourth-order valence-electron chi connectivity index (χ4n) is 3.36. The van der Waals surface area contributed by atoms with Gasteiger partial charge in [-0.2, -0.15) is 10.2 Å². The molecule has 1 aromatic heterocycles. The molecule has 7 heteroatoms. The van der Waals surface area contributed by atoms with Gasteiger partial charge >= 0.3 is 0 Å². The van der Waals surface area contributed by atoms with E-state index in [0.717, 1.165) is 47.1 Å². The van der Waals surface area contributed by atoms with Crippen molar-refractivity contribution in [2.75, 3.05) is 38.1 Å². The van der Waals surface area contributed by atoms with Gasteiger partial charge in [0.1, 0.15) is 6.61 Å². The maximum Gasteiger partial charge on any atom is 0.232 e. The number of benzene rings is 2. The zero-order chi connectivity index (χ0) is 21.6. The van der Waals surface area contributed by atoms with Crippen LogP contribution in [-0.2, 0) is 6.61 Å². The number of likely N-dealkylation sites (N-methyl/N-ethyl adjacent to an activating group) is 1. The first-order chi connectivity index (χ1) is 15.1. The molecule has 1 aliphatic rings. The van der Waals surface area contributed by atoms with Crippen molar-refractivity contribution in [3.8, 4) is 11.9 Å². The number of hydrogen-bond donors (Lipinski definition) is 0. The smallest absolute Gasteiger partial charge is 0.232 e. The Bertz CT molecular complexity index is 1080. The summed E-state index contributed by atoms with van der Waals surface area (Å²) in [5.41, 5.74) is 2.79. The maximum absolute atomic E-state index is 9.13. The number of rotatable bonds is 6. The van der Waals surface area contributed by atoms with E-state index in [1.165, 1.54) is 0 Å². The Kier molecular flexibility index (Phi) is 6.70. The third-order valence-corrected chi connectivity index (χ3v) is 6.42. The highest BCUT2D eigenvalue weighted by atomic mass is 32.2. The molecule has 0 spiro atoms. The molecule has 0 bridgehead atoms. The van der Waals surface area contributed by atoms with Crippen LogP contribution in [0.3, 0.4) is 0 Å². The van der Waals surface area contributed by atoms with Crippen molar-refractivity contribution < 1.29 is 4.74 Å². The maximum atomic E-state index is 9.13. The highest BCUT2D eigenvalue weighted by molar-refractivity contribution is 7.99. The van der Waals surface area contributed by atoms with E-state index >= 15 is 0 Å². The van der Waals surface area contributed by atoms with Crippen molar-refractivity contribution in [1.82, 2.24) is 14.9 Å². The standard InChI is InChI=1S/C24H25N5OS/c1-18-14-20(15-25)8-9-21(18)31-22-16-26-24(29-12-10-28(2)11-13-29)27-23(22)30-17-19-6-4-3-5-7-19/h3-9,14,16H,10-13,17H2,1-2H3. The van der Waals surface area contributed by atoms with Gasteiger partial charge < -0.3 is 14.5 Å². The van der Waals surface area contributed by atoms with Gasteiger partial charge in [0.15, 0.2) is 0 Å². The van der Waals surface area contributed by atoms with E-state index in [9.17, 15) is 0 Å². The lowest BCUT2D eigenvalue weighted by molar-refractivity contribution is 0.283. The summed E-state index contributed by atoms with van der Waals surface area (Å²) < 4.78 is 6.17. The molecule has 3 aromatic rings. The number of aryl methyl sites for hydroxylation is 1. The summed E-state index contributed by atoms with van der Waals surface area (Å²) in [6, 6.07) is 18.0. The van der Waals surface area contributed by atoms with Crippen LogP contribution >= 0.6 is 11.8 Å². The summed E-state index contributed by atoms with van der Waals surface area (Å²) in [7, 11) is 2.13. The molecule has 1 fully saturated rings. The van der Waals surface area contributed by atoms with Crippen LogP contribution in [0.5, 0.6) is 5.88 Å². The van der Waals surface area contributed by atoms with Crippen LogP contribution in [0.4, 0.5) is 5.95 Å². The highest BCUT2D eigenvalue weighted by Gasteiger charge is 2.19. The molecular weight excluding hydrogens is 406 g/mol. The number of nitriles is 1. The van der Waals surface area contributed by atoms with Gasteiger partial charge in [-0.3, -0.25) is 0 Å². The Balaban J connectivity index is 1.60. The second-order valence-corrected chi connectivity index (χ2v) is 8.68. The van der Waals surface area contributed by atoms with E-state index in [1.54, 1.807) is 11.8 Å². The summed E-state index contributed by atoms with van der Waals surface area (Å²) >= 11 is 1.56. The molecule has 0 unspecified atom stereocenters. The third-order valence-electron chi connectivity index (χ3n) is 5.24. The van der Waals surface area contributed by atoms with Crippen molar-refractivity contribution >= 4 is 17.7 Å². The average Bonchev–Trinajstić information content (AvgIpc) is 2.81. The molecule has 0 aliphatic carbocycles. The van der Waals surface area contributed by atoms with Gasteiger partial charge in [0.2, 0.25) is 11.8 Å². The molecule has 4 rings (SSSR count). The SMILES string of the molecule is Cc1cc(C#N)ccc1Sc1cnc(N2CCN(C)CC2)nc1OCc1ccccc1. The van der Waals surface area contributed by atoms with Gasteiger partial charge in [-0.15, -0.1) is 0 Å². The van der Waals surface area contributed by atoms with Crippen LogP contribution in [0, 0.1) is 18.3 Å². The van der Waals surface area contributed by atoms with Gasteiger partial charge in [-0.05, 0) is 43.3 Å². The minimum atomic E-state index is 0.444. The van der Waals surface area contributed by atoms with E-state index in [-0.39, 0.29) is 0 Å². The molecule has 0 N–H and O–H groups in total. The van der Waals surface area contributed by atoms with E-state index in [4.69, 9.17) is 15.0 Å². The van der Waals surface area contributed by atoms with Crippen molar-refractivity contribution in [2.45, 2.75) is 23.3 Å². The summed E-state index contributed by atoms with van der Waals surface area (Å²) in [5, 5.41) is 9.13.